The summed E-state index contributed by atoms with van der Waals surface area (Å²) in [5.41, 5.74) is 23.6. The summed E-state index contributed by atoms with van der Waals surface area (Å²) in [7, 11) is 0. The highest BCUT2D eigenvalue weighted by Crippen LogP contribution is 2.42. The SMILES string of the molecule is Cc1[nH]c2ccccc2c1C[C@@H](NC(=O)[C@@H](N)Cc1cnc[nH]1)C(=O)N[C@@H](C)C(=O)N[C@@H](Cc1c[nH]c2ccccc12)C(=O)N[C@H](Cc1ccccc1)C(=O)N[C@@H](CCCCN)C(N)=O.Cl.Cl.O=C1c2c(O)ccc(O)c2C(=O)c2c(NCCNCCO)ccc(NCCNCCO)c21. The summed E-state index contributed by atoms with van der Waals surface area (Å²) in [5, 5.41) is 66.1. The second kappa shape index (κ2) is 38.3. The first-order valence-electron chi connectivity index (χ1n) is 32.1. The number of imidazole rings is 1. The van der Waals surface area contributed by atoms with Crippen LogP contribution in [-0.2, 0) is 54.5 Å². The number of aryl methyl sites for hydroxylation is 1. The first-order valence-corrected chi connectivity index (χ1v) is 32.1. The molecule has 0 saturated carbocycles. The number of hydrogen-bond acceptors (Lipinski definition) is 19. The van der Waals surface area contributed by atoms with Gasteiger partial charge in [-0.2, -0.15) is 0 Å². The van der Waals surface area contributed by atoms with Crippen molar-refractivity contribution in [3.05, 3.63) is 172 Å². The number of rotatable bonds is 35. The number of unbranched alkanes of at least 4 members (excludes halogenated alkanes) is 1. The molecule has 3 aromatic heterocycles. The molecule has 9 rings (SSSR count). The van der Waals surface area contributed by atoms with Crippen LogP contribution in [0.3, 0.4) is 0 Å². The summed E-state index contributed by atoms with van der Waals surface area (Å²) in [6, 6.07) is 23.0. The molecule has 30 heteroatoms. The number of hydrogen-bond donors (Lipinski definition) is 19. The number of aromatic nitrogens is 4. The molecule has 530 valence electrons. The van der Waals surface area contributed by atoms with Crippen LogP contribution in [0.4, 0.5) is 11.4 Å². The maximum Gasteiger partial charge on any atom is 0.243 e. The van der Waals surface area contributed by atoms with E-state index in [1.54, 1.807) is 48.8 Å². The number of aromatic amines is 3. The number of H-pyrrole nitrogens is 3. The van der Waals surface area contributed by atoms with Crippen LogP contribution in [0, 0.1) is 6.92 Å². The molecule has 0 saturated heterocycles. The van der Waals surface area contributed by atoms with Gasteiger partial charge >= 0.3 is 0 Å². The molecule has 0 fully saturated rings. The van der Waals surface area contributed by atoms with E-state index < -0.39 is 83.3 Å². The van der Waals surface area contributed by atoms with Crippen LogP contribution in [-0.4, -0.2) is 183 Å². The number of amides is 6. The smallest absolute Gasteiger partial charge is 0.243 e. The van der Waals surface area contributed by atoms with Gasteiger partial charge in [0.05, 0.1) is 47.8 Å². The van der Waals surface area contributed by atoms with Crippen LogP contribution in [0.25, 0.3) is 21.8 Å². The van der Waals surface area contributed by atoms with Crippen molar-refractivity contribution < 1.29 is 58.8 Å². The van der Waals surface area contributed by atoms with Crippen LogP contribution in [0.2, 0.25) is 0 Å². The normalized spacial score (nSPS) is 13.3. The molecule has 6 amide bonds. The Balaban J connectivity index is 0.000000381. The minimum atomic E-state index is -1.26. The maximum absolute atomic E-state index is 14.5. The highest BCUT2D eigenvalue weighted by Gasteiger charge is 2.39. The highest BCUT2D eigenvalue weighted by molar-refractivity contribution is 6.33. The predicted octanol–water partition coefficient (Wildman–Crippen LogP) is 2.04. The number of nitrogens with one attached hydrogen (secondary N) is 12. The van der Waals surface area contributed by atoms with E-state index in [1.807, 2.05) is 61.5 Å². The molecule has 0 radical (unpaired) electrons. The number of aromatic hydroxyl groups is 2. The lowest BCUT2D eigenvalue weighted by molar-refractivity contribution is -0.134. The second-order valence-corrected chi connectivity index (χ2v) is 23.5. The van der Waals surface area contributed by atoms with Crippen LogP contribution in [0.15, 0.2) is 122 Å². The van der Waals surface area contributed by atoms with Crippen LogP contribution in [0.1, 0.15) is 86.1 Å². The third kappa shape index (κ3) is 20.8. The van der Waals surface area contributed by atoms with E-state index in [2.05, 4.69) is 67.8 Å². The fraction of sp³-hybridized carbons (Fsp3) is 0.348. The number of nitrogens with zero attached hydrogens (tertiary/aromatic N) is 1. The molecule has 6 atom stereocenters. The summed E-state index contributed by atoms with van der Waals surface area (Å²) in [5.74, 6) is -5.87. The second-order valence-electron chi connectivity index (χ2n) is 23.5. The number of ketones is 2. The Bertz CT molecular complexity index is 3960. The molecule has 1 aliphatic rings. The molecule has 0 spiro atoms. The largest absolute Gasteiger partial charge is 0.507 e. The van der Waals surface area contributed by atoms with Gasteiger partial charge in [0.25, 0.3) is 0 Å². The number of benzene rings is 5. The van der Waals surface area contributed by atoms with Gasteiger partial charge in [-0.25, -0.2) is 4.98 Å². The van der Waals surface area contributed by atoms with Gasteiger partial charge in [-0.3, -0.25) is 38.4 Å². The van der Waals surface area contributed by atoms with Crippen LogP contribution in [0.5, 0.6) is 11.5 Å². The molecule has 0 aliphatic heterocycles. The number of phenolic OH excluding ortho intramolecular Hbond substituents is 2. The molecule has 99 heavy (non-hydrogen) atoms. The topological polar surface area (TPSA) is 464 Å². The zero-order valence-electron chi connectivity index (χ0n) is 54.9. The van der Waals surface area contributed by atoms with Gasteiger partial charge in [0, 0.05) is 122 Å². The Morgan fingerprint density at radius 3 is 1.66 bits per heavy atom. The molecular formula is C69H88Cl2N16O12. The Morgan fingerprint density at radius 2 is 1.08 bits per heavy atom. The van der Waals surface area contributed by atoms with E-state index in [1.165, 1.54) is 25.4 Å². The molecular weight excluding hydrogens is 1320 g/mol. The summed E-state index contributed by atoms with van der Waals surface area (Å²) in [4.78, 5) is 123. The van der Waals surface area contributed by atoms with Crippen molar-refractivity contribution in [2.24, 2.45) is 17.2 Å². The van der Waals surface area contributed by atoms with Gasteiger partial charge in [-0.1, -0.05) is 66.7 Å². The van der Waals surface area contributed by atoms with Crippen molar-refractivity contribution in [2.45, 2.75) is 95.0 Å². The lowest BCUT2D eigenvalue weighted by Crippen LogP contribution is -2.59. The fourth-order valence-corrected chi connectivity index (χ4v) is 11.4. The summed E-state index contributed by atoms with van der Waals surface area (Å²) in [6.07, 6.45) is 6.47. The number of nitrogens with two attached hydrogens (primary N) is 3. The van der Waals surface area contributed by atoms with Crippen LogP contribution < -0.4 is 65.1 Å². The third-order valence-corrected chi connectivity index (χ3v) is 16.5. The van der Waals surface area contributed by atoms with E-state index in [0.29, 0.717) is 81.3 Å². The molecule has 3 heterocycles. The Morgan fingerprint density at radius 1 is 0.556 bits per heavy atom. The van der Waals surface area contributed by atoms with E-state index in [0.717, 1.165) is 38.6 Å². The van der Waals surface area contributed by atoms with Gasteiger partial charge in [0.1, 0.15) is 41.7 Å². The molecule has 5 aromatic carbocycles. The average Bonchev–Trinajstić information content (AvgIpc) is 1.47. The molecule has 28 nitrogen and oxygen atoms in total. The number of anilines is 2. The Labute approximate surface area is 583 Å². The number of phenols is 2. The summed E-state index contributed by atoms with van der Waals surface area (Å²) < 4.78 is 0. The third-order valence-electron chi connectivity index (χ3n) is 16.5. The number of primary amides is 1. The number of aliphatic hydroxyl groups is 2. The lowest BCUT2D eigenvalue weighted by Gasteiger charge is -2.26. The first-order chi connectivity index (χ1) is 46.8. The van der Waals surface area contributed by atoms with E-state index >= 15 is 0 Å². The van der Waals surface area contributed by atoms with Crippen molar-refractivity contribution in [3.63, 3.8) is 0 Å². The number of para-hydroxylation sites is 2. The molecule has 0 bridgehead atoms. The number of carbonyl (C=O) groups is 8. The van der Waals surface area contributed by atoms with Gasteiger partial charge in [0.15, 0.2) is 0 Å². The van der Waals surface area contributed by atoms with Crippen molar-refractivity contribution in [2.75, 3.05) is 69.7 Å². The minimum Gasteiger partial charge on any atom is -0.507 e. The first kappa shape index (κ1) is 78.1. The van der Waals surface area contributed by atoms with Gasteiger partial charge in [-0.05, 0) is 92.7 Å². The van der Waals surface area contributed by atoms with Crippen molar-refractivity contribution >= 4 is 105 Å². The van der Waals surface area contributed by atoms with Gasteiger partial charge < -0.3 is 100 Å². The van der Waals surface area contributed by atoms with Crippen molar-refractivity contribution in [3.8, 4) is 11.5 Å². The maximum atomic E-state index is 14.5. The Kier molecular flexibility index (Phi) is 30.2. The number of fused-ring (bicyclic) bond motifs is 4. The molecule has 22 N–H and O–H groups in total. The standard InChI is InChI=1S/C47H58N12O6.C22H28N4O6.2ClH/c1-27-34(33-15-7-9-17-37(33)54-27)23-41(58-44(62)35(49)22-31-25-51-26-53-31)45(63)55-28(2)43(61)57-40(21-30-24-52-36-16-8-6-14-32(30)36)47(65)59-39(20-29-12-4-3-5-13-29)46(64)56-38(42(50)60)18-10-11-19-48;27-11-9-23-5-7-25-13-1-2-14(26-8-6-24-10-12-28)18-17(13)21(31)19-15(29)3-4-16(30)20(19)22(18)32;;/h3-9,12-17,24-26,28,35,38-41,52,54H,10-11,18-23,48-49H2,1-2H3,(H2,50,60)(H,51,53)(H,55,63)(H,56,64)(H,57,61)(H,58,62)(H,59,65);1-4,23-30H,5-12H2;2*1H/t28-,35-,38-,39+,40-,41+;;;/m0.../s1. The number of halogens is 2. The average molecular weight is 1400 g/mol. The van der Waals surface area contributed by atoms with Gasteiger partial charge in [0.2, 0.25) is 47.0 Å². The quantitative estimate of drug-likeness (QED) is 0.0200. The summed E-state index contributed by atoms with van der Waals surface area (Å²) in [6.45, 7) is 6.55. The number of aliphatic hydroxyl groups excluding tert-OH is 2. The molecule has 8 aromatic rings. The van der Waals surface area contributed by atoms with Crippen molar-refractivity contribution in [1.82, 2.24) is 57.2 Å². The van der Waals surface area contributed by atoms with E-state index in [-0.39, 0.29) is 104 Å². The van der Waals surface area contributed by atoms with Gasteiger partial charge in [-0.15, -0.1) is 24.8 Å². The zero-order chi connectivity index (χ0) is 69.5. The summed E-state index contributed by atoms with van der Waals surface area (Å²) >= 11 is 0. The minimum absolute atomic E-state index is 0. The van der Waals surface area contributed by atoms with E-state index in [9.17, 15) is 48.6 Å². The van der Waals surface area contributed by atoms with Crippen molar-refractivity contribution in [1.29, 1.82) is 0 Å². The Hall–Kier alpha value is -9.91. The highest BCUT2D eigenvalue weighted by atomic mass is 35.5. The predicted molar refractivity (Wildman–Crippen MR) is 381 cm³/mol. The molecule has 0 unspecified atom stereocenters. The monoisotopic (exact) mass is 1400 g/mol. The number of carbonyl (C=O) groups excluding carboxylic acids is 8. The molecule has 1 aliphatic carbocycles. The van der Waals surface area contributed by atoms with Crippen LogP contribution >= 0.6 is 24.8 Å². The van der Waals surface area contributed by atoms with E-state index in [4.69, 9.17) is 27.4 Å². The lowest BCUT2D eigenvalue weighted by atomic mass is 9.81. The fourth-order valence-electron chi connectivity index (χ4n) is 11.4. The zero-order valence-corrected chi connectivity index (χ0v) is 56.5.